The molecule has 2 aromatic rings. The number of halogens is 1. The average Bonchev–Trinajstić information content (AvgIpc) is 2.99. The molecule has 3 N–H and O–H groups in total. The Balaban J connectivity index is 1.98. The number of nitrogens with zero attached hydrogens (tertiary/aromatic N) is 3. The molecule has 8 nitrogen and oxygen atoms in total. The van der Waals surface area contributed by atoms with Gasteiger partial charge in [-0.2, -0.15) is 0 Å². The van der Waals surface area contributed by atoms with Crippen molar-refractivity contribution in [3.05, 3.63) is 29.3 Å². The van der Waals surface area contributed by atoms with E-state index in [0.717, 1.165) is 17.3 Å². The first kappa shape index (κ1) is 21.0. The Labute approximate surface area is 166 Å². The summed E-state index contributed by atoms with van der Waals surface area (Å²) in [4.78, 5) is 24.0. The topological polar surface area (TPSA) is 112 Å². The van der Waals surface area contributed by atoms with Crippen LogP contribution in [0.5, 0.6) is 0 Å². The number of benzene rings is 1. The standard InChI is InChI=1S/C17H22ClN5O3S/c1-10(2)8-13(16(25)26-3)20-14(24)9-27-17-22-21-15(23(17)19)11-4-6-12(18)7-5-11/h4-7,10,13H,8-9,19H2,1-3H3,(H,20,24)/t13-/m1/s1. The maximum Gasteiger partial charge on any atom is 0.328 e. The van der Waals surface area contributed by atoms with Gasteiger partial charge in [0.1, 0.15) is 6.04 Å². The van der Waals surface area contributed by atoms with Gasteiger partial charge < -0.3 is 15.9 Å². The van der Waals surface area contributed by atoms with Crippen LogP contribution >= 0.6 is 23.4 Å². The van der Waals surface area contributed by atoms with Gasteiger partial charge in [0.25, 0.3) is 0 Å². The molecule has 1 aromatic heterocycles. The summed E-state index contributed by atoms with van der Waals surface area (Å²) in [5, 5.41) is 11.7. The van der Waals surface area contributed by atoms with Crippen molar-refractivity contribution in [2.75, 3.05) is 18.7 Å². The molecule has 146 valence electrons. The Kier molecular flexibility index (Phi) is 7.49. The molecule has 0 saturated heterocycles. The molecule has 27 heavy (non-hydrogen) atoms. The molecule has 0 aliphatic rings. The van der Waals surface area contributed by atoms with Crippen LogP contribution in [0, 0.1) is 5.92 Å². The first-order valence-electron chi connectivity index (χ1n) is 8.28. The second kappa shape index (κ2) is 9.61. The number of rotatable bonds is 8. The van der Waals surface area contributed by atoms with Crippen molar-refractivity contribution in [1.82, 2.24) is 20.2 Å². The van der Waals surface area contributed by atoms with Crippen LogP contribution in [0.3, 0.4) is 0 Å². The predicted molar refractivity (Wildman–Crippen MR) is 105 cm³/mol. The van der Waals surface area contributed by atoms with Gasteiger partial charge in [0.05, 0.1) is 12.9 Å². The molecule has 1 aromatic carbocycles. The minimum Gasteiger partial charge on any atom is -0.467 e. The van der Waals surface area contributed by atoms with Crippen molar-refractivity contribution in [3.8, 4) is 11.4 Å². The average molecular weight is 412 g/mol. The minimum atomic E-state index is -0.677. The summed E-state index contributed by atoms with van der Waals surface area (Å²) in [6.45, 7) is 3.93. The summed E-state index contributed by atoms with van der Waals surface area (Å²) >= 11 is 7.01. The van der Waals surface area contributed by atoms with Crippen LogP contribution in [-0.2, 0) is 14.3 Å². The maximum absolute atomic E-state index is 12.2. The number of nitrogen functional groups attached to an aromatic ring is 1. The lowest BCUT2D eigenvalue weighted by Crippen LogP contribution is -2.43. The molecule has 0 bridgehead atoms. The molecule has 1 heterocycles. The van der Waals surface area contributed by atoms with E-state index in [-0.39, 0.29) is 17.6 Å². The van der Waals surface area contributed by atoms with Gasteiger partial charge in [-0.3, -0.25) is 4.79 Å². The van der Waals surface area contributed by atoms with Gasteiger partial charge in [0.15, 0.2) is 5.82 Å². The largest absolute Gasteiger partial charge is 0.467 e. The first-order chi connectivity index (χ1) is 12.8. The van der Waals surface area contributed by atoms with E-state index < -0.39 is 12.0 Å². The molecule has 1 atom stereocenters. The van der Waals surface area contributed by atoms with Crippen molar-refractivity contribution >= 4 is 35.2 Å². The van der Waals surface area contributed by atoms with E-state index in [0.29, 0.717) is 22.4 Å². The van der Waals surface area contributed by atoms with Crippen LogP contribution in [0.4, 0.5) is 0 Å². The second-order valence-electron chi connectivity index (χ2n) is 6.24. The number of thioether (sulfide) groups is 1. The maximum atomic E-state index is 12.2. The van der Waals surface area contributed by atoms with Crippen molar-refractivity contribution in [2.24, 2.45) is 5.92 Å². The summed E-state index contributed by atoms with van der Waals surface area (Å²) < 4.78 is 6.05. The van der Waals surface area contributed by atoms with Crippen LogP contribution in [0.15, 0.2) is 29.4 Å². The number of hydrogen-bond donors (Lipinski definition) is 2. The van der Waals surface area contributed by atoms with Crippen molar-refractivity contribution in [2.45, 2.75) is 31.5 Å². The highest BCUT2D eigenvalue weighted by Crippen LogP contribution is 2.22. The molecule has 0 radical (unpaired) electrons. The van der Waals surface area contributed by atoms with Crippen LogP contribution < -0.4 is 11.2 Å². The van der Waals surface area contributed by atoms with Crippen molar-refractivity contribution < 1.29 is 14.3 Å². The number of nitrogens with two attached hydrogens (primary N) is 1. The lowest BCUT2D eigenvalue weighted by molar-refractivity contribution is -0.145. The number of aromatic nitrogens is 3. The number of ether oxygens (including phenoxy) is 1. The number of esters is 1. The van der Waals surface area contributed by atoms with Gasteiger partial charge in [0.2, 0.25) is 11.1 Å². The fourth-order valence-corrected chi connectivity index (χ4v) is 3.16. The number of nitrogens with one attached hydrogen (secondary N) is 1. The van der Waals surface area contributed by atoms with E-state index in [9.17, 15) is 9.59 Å². The zero-order chi connectivity index (χ0) is 20.0. The van der Waals surface area contributed by atoms with Gasteiger partial charge >= 0.3 is 5.97 Å². The van der Waals surface area contributed by atoms with E-state index in [2.05, 4.69) is 15.5 Å². The highest BCUT2D eigenvalue weighted by molar-refractivity contribution is 7.99. The van der Waals surface area contributed by atoms with Crippen LogP contribution in [-0.4, -0.2) is 45.7 Å². The van der Waals surface area contributed by atoms with Crippen LogP contribution in [0.2, 0.25) is 5.02 Å². The molecular formula is C17H22ClN5O3S. The van der Waals surface area contributed by atoms with Crippen LogP contribution in [0.1, 0.15) is 20.3 Å². The number of carbonyl (C=O) groups excluding carboxylic acids is 2. The van der Waals surface area contributed by atoms with Gasteiger partial charge in [-0.1, -0.05) is 37.2 Å². The highest BCUT2D eigenvalue weighted by atomic mass is 35.5. The molecule has 0 fully saturated rings. The molecule has 1 amide bonds. The van der Waals surface area contributed by atoms with E-state index in [4.69, 9.17) is 22.2 Å². The third-order valence-electron chi connectivity index (χ3n) is 3.63. The molecule has 0 aliphatic carbocycles. The Hall–Kier alpha value is -2.26. The highest BCUT2D eigenvalue weighted by Gasteiger charge is 2.23. The molecular weight excluding hydrogens is 390 g/mol. The monoisotopic (exact) mass is 411 g/mol. The summed E-state index contributed by atoms with van der Waals surface area (Å²) in [5.41, 5.74) is 0.758. The van der Waals surface area contributed by atoms with Gasteiger partial charge in [-0.25, -0.2) is 9.47 Å². The number of methoxy groups -OCH3 is 1. The zero-order valence-corrected chi connectivity index (χ0v) is 16.9. The molecule has 10 heteroatoms. The third-order valence-corrected chi connectivity index (χ3v) is 4.82. The summed E-state index contributed by atoms with van der Waals surface area (Å²) in [7, 11) is 1.30. The number of hydrogen-bond acceptors (Lipinski definition) is 7. The first-order valence-corrected chi connectivity index (χ1v) is 9.64. The second-order valence-corrected chi connectivity index (χ2v) is 7.62. The van der Waals surface area contributed by atoms with Gasteiger partial charge in [-0.05, 0) is 36.6 Å². The molecule has 0 saturated carbocycles. The molecule has 0 aliphatic heterocycles. The Morgan fingerprint density at radius 2 is 1.96 bits per heavy atom. The minimum absolute atomic E-state index is 0.0432. The zero-order valence-electron chi connectivity index (χ0n) is 15.3. The van der Waals surface area contributed by atoms with Gasteiger partial charge in [-0.15, -0.1) is 10.2 Å². The fourth-order valence-electron chi connectivity index (χ4n) is 2.37. The van der Waals surface area contributed by atoms with Crippen molar-refractivity contribution in [1.29, 1.82) is 0 Å². The predicted octanol–water partition coefficient (Wildman–Crippen LogP) is 2.11. The van der Waals surface area contributed by atoms with E-state index in [1.165, 1.54) is 11.8 Å². The molecule has 0 spiro atoms. The van der Waals surface area contributed by atoms with Crippen molar-refractivity contribution in [3.63, 3.8) is 0 Å². The molecule has 2 rings (SSSR count). The lowest BCUT2D eigenvalue weighted by atomic mass is 10.0. The third kappa shape index (κ3) is 5.86. The molecule has 0 unspecified atom stereocenters. The normalized spacial score (nSPS) is 12.0. The smallest absolute Gasteiger partial charge is 0.328 e. The quantitative estimate of drug-likeness (QED) is 0.388. The summed E-state index contributed by atoms with van der Waals surface area (Å²) in [5.74, 6) is 5.99. The Morgan fingerprint density at radius 3 is 2.56 bits per heavy atom. The Morgan fingerprint density at radius 1 is 1.30 bits per heavy atom. The van der Waals surface area contributed by atoms with E-state index >= 15 is 0 Å². The van der Waals surface area contributed by atoms with E-state index in [1.807, 2.05) is 13.8 Å². The van der Waals surface area contributed by atoms with Crippen LogP contribution in [0.25, 0.3) is 11.4 Å². The fraction of sp³-hybridized carbons (Fsp3) is 0.412. The lowest BCUT2D eigenvalue weighted by Gasteiger charge is -2.18. The summed E-state index contributed by atoms with van der Waals surface area (Å²) in [6.07, 6.45) is 0.497. The Bertz CT molecular complexity index is 794. The SMILES string of the molecule is COC(=O)[C@@H](CC(C)C)NC(=O)CSc1nnc(-c2ccc(Cl)cc2)n1N. The number of amides is 1. The van der Waals surface area contributed by atoms with E-state index in [1.54, 1.807) is 24.3 Å². The number of carbonyl (C=O) groups is 2. The summed E-state index contributed by atoms with van der Waals surface area (Å²) in [6, 6.07) is 6.34. The van der Waals surface area contributed by atoms with Gasteiger partial charge in [0, 0.05) is 10.6 Å².